The number of rotatable bonds is 28. The van der Waals surface area contributed by atoms with Crippen LogP contribution >= 0.6 is 7.82 Å². The number of hydrogen-bond acceptors (Lipinski definition) is 9. The summed E-state index contributed by atoms with van der Waals surface area (Å²) in [6.07, 6.45) is 30.3. The van der Waals surface area contributed by atoms with Crippen LogP contribution in [0.3, 0.4) is 0 Å². The summed E-state index contributed by atoms with van der Waals surface area (Å²) in [4.78, 5) is 25.3. The minimum atomic E-state index is -3.98. The monoisotopic (exact) mass is 732 g/mol. The van der Waals surface area contributed by atoms with Gasteiger partial charge in [0.1, 0.15) is 6.61 Å². The largest absolute Gasteiger partial charge is 0.475 e. The van der Waals surface area contributed by atoms with Gasteiger partial charge in [-0.05, 0) is 32.7 Å². The molecule has 1 N–H and O–H groups in total. The Morgan fingerprint density at radius 2 is 1.28 bits per heavy atom. The van der Waals surface area contributed by atoms with Gasteiger partial charge in [0, 0.05) is 19.4 Å². The Balaban J connectivity index is 2.60. The molecule has 0 radical (unpaired) electrons. The van der Waals surface area contributed by atoms with E-state index in [1.807, 2.05) is 0 Å². The molecule has 0 amide bonds. The summed E-state index contributed by atoms with van der Waals surface area (Å²) < 4.78 is 42.9. The van der Waals surface area contributed by atoms with Crippen molar-refractivity contribution >= 4 is 19.8 Å². The summed E-state index contributed by atoms with van der Waals surface area (Å²) >= 11 is 0. The van der Waals surface area contributed by atoms with Crippen LogP contribution in [0.15, 0.2) is 0 Å². The number of phosphoric acid groups is 1. The molecular weight excluding hydrogens is 653 g/mol. The summed E-state index contributed by atoms with van der Waals surface area (Å²) in [7, 11) is -2.18. The van der Waals surface area contributed by atoms with Crippen LogP contribution in [0.25, 0.3) is 0 Å². The molecule has 1 aliphatic heterocycles. The normalized spacial score (nSPS) is 21.3. The van der Waals surface area contributed by atoms with Crippen molar-refractivity contribution in [1.29, 1.82) is 0 Å². The van der Waals surface area contributed by atoms with Gasteiger partial charge >= 0.3 is 19.8 Å². The second kappa shape index (κ2) is 33.8. The zero-order chi connectivity index (χ0) is 36.4. The summed E-state index contributed by atoms with van der Waals surface area (Å²) in [5, 5.41) is 3.00. The lowest BCUT2D eigenvalue weighted by Gasteiger charge is -2.26. The Kier molecular flexibility index (Phi) is 31.8. The van der Waals surface area contributed by atoms with E-state index in [1.54, 1.807) is 7.05 Å². The molecule has 0 aromatic heterocycles. The van der Waals surface area contributed by atoms with Crippen molar-refractivity contribution in [3.8, 4) is 0 Å². The van der Waals surface area contributed by atoms with Crippen molar-refractivity contribution in [3.63, 3.8) is 0 Å². The molecule has 0 aromatic carbocycles. The first-order valence-electron chi connectivity index (χ1n) is 21.0. The minimum absolute atomic E-state index is 0.149. The van der Waals surface area contributed by atoms with Crippen molar-refractivity contribution in [3.05, 3.63) is 0 Å². The third kappa shape index (κ3) is 28.6. The van der Waals surface area contributed by atoms with Crippen LogP contribution < -0.4 is 5.32 Å². The average Bonchev–Trinajstić information content (AvgIpc) is 3.10. The lowest BCUT2D eigenvalue weighted by molar-refractivity contribution is -0.161. The lowest BCUT2D eigenvalue weighted by Crippen LogP contribution is -2.30. The topological polar surface area (TPSA) is 109 Å². The Bertz CT molecular complexity index is 844. The number of hydrogen-bond donors (Lipinski definition) is 1. The van der Waals surface area contributed by atoms with E-state index < -0.39 is 13.9 Å². The highest BCUT2D eigenvalue weighted by atomic mass is 31.2. The molecule has 0 aromatic rings. The van der Waals surface area contributed by atoms with Gasteiger partial charge in [-0.1, -0.05) is 162 Å². The zero-order valence-electron chi connectivity index (χ0n) is 32.7. The van der Waals surface area contributed by atoms with Gasteiger partial charge in [0.15, 0.2) is 6.10 Å². The predicted molar refractivity (Wildman–Crippen MR) is 204 cm³/mol. The molecule has 1 heterocycles. The van der Waals surface area contributed by atoms with Gasteiger partial charge in [-0.25, -0.2) is 4.57 Å². The quantitative estimate of drug-likeness (QED) is 0.0477. The summed E-state index contributed by atoms with van der Waals surface area (Å²) in [6.45, 7) is 4.73. The third-order valence-electron chi connectivity index (χ3n) is 9.55. The first-order valence-corrected chi connectivity index (χ1v) is 22.5. The SMILES string of the molecule is CCCCCCCCCCCCCCCC(=O)OCC1COP(=O)(OCCNC)OC(CCCCCCCCC)CCCCCCCC(=O)O1. The fourth-order valence-electron chi connectivity index (χ4n) is 6.37. The second-order valence-electron chi connectivity index (χ2n) is 14.4. The lowest BCUT2D eigenvalue weighted by atomic mass is 10.0. The molecule has 0 spiro atoms. The fourth-order valence-corrected chi connectivity index (χ4v) is 7.81. The molecule has 50 heavy (non-hydrogen) atoms. The van der Waals surface area contributed by atoms with Gasteiger partial charge in [-0.15, -0.1) is 0 Å². The number of nitrogens with one attached hydrogen (secondary N) is 1. The minimum Gasteiger partial charge on any atom is -0.462 e. The van der Waals surface area contributed by atoms with E-state index in [0.29, 0.717) is 13.0 Å². The number of likely N-dealkylation sites (N-methyl/N-ethyl adjacent to an activating group) is 1. The number of unbranched alkanes of at least 4 members (excludes halogenated alkanes) is 18. The molecule has 10 heteroatoms. The molecule has 3 atom stereocenters. The Hall–Kier alpha value is -0.990. The summed E-state index contributed by atoms with van der Waals surface area (Å²) in [5.74, 6) is -0.691. The van der Waals surface area contributed by atoms with E-state index >= 15 is 0 Å². The molecule has 9 nitrogen and oxygen atoms in total. The van der Waals surface area contributed by atoms with Crippen molar-refractivity contribution < 1.29 is 37.2 Å². The van der Waals surface area contributed by atoms with E-state index in [1.165, 1.54) is 96.3 Å². The summed E-state index contributed by atoms with van der Waals surface area (Å²) in [6, 6.07) is 0. The maximum Gasteiger partial charge on any atom is 0.475 e. The highest BCUT2D eigenvalue weighted by Crippen LogP contribution is 2.51. The van der Waals surface area contributed by atoms with Crippen molar-refractivity contribution in [2.75, 3.05) is 33.4 Å². The van der Waals surface area contributed by atoms with Gasteiger partial charge in [0.25, 0.3) is 0 Å². The van der Waals surface area contributed by atoms with Crippen LogP contribution in [0, 0.1) is 0 Å². The predicted octanol–water partition coefficient (Wildman–Crippen LogP) is 11.6. The number of cyclic esters (lactones) is 1. The highest BCUT2D eigenvalue weighted by molar-refractivity contribution is 7.48. The number of carbonyl (C=O) groups is 2. The van der Waals surface area contributed by atoms with Crippen LogP contribution in [0.4, 0.5) is 0 Å². The van der Waals surface area contributed by atoms with Crippen molar-refractivity contribution in [2.45, 2.75) is 212 Å². The molecule has 1 fully saturated rings. The second-order valence-corrected chi connectivity index (χ2v) is 16.0. The molecule has 1 aliphatic rings. The van der Waals surface area contributed by atoms with Gasteiger partial charge < -0.3 is 14.8 Å². The number of ether oxygens (including phenoxy) is 2. The van der Waals surface area contributed by atoms with E-state index in [2.05, 4.69) is 19.2 Å². The van der Waals surface area contributed by atoms with Crippen LogP contribution in [0.2, 0.25) is 0 Å². The molecule has 0 aliphatic carbocycles. The molecule has 1 rings (SSSR count). The maximum atomic E-state index is 14.0. The van der Waals surface area contributed by atoms with Gasteiger partial charge in [0.05, 0.1) is 19.3 Å². The molecule has 3 unspecified atom stereocenters. The number of carbonyl (C=O) groups excluding carboxylic acids is 2. The zero-order valence-corrected chi connectivity index (χ0v) is 33.6. The average molecular weight is 732 g/mol. The Morgan fingerprint density at radius 1 is 0.740 bits per heavy atom. The summed E-state index contributed by atoms with van der Waals surface area (Å²) in [5.41, 5.74) is 0. The van der Waals surface area contributed by atoms with E-state index in [4.69, 9.17) is 23.0 Å². The van der Waals surface area contributed by atoms with Gasteiger partial charge in [-0.3, -0.25) is 23.2 Å². The van der Waals surface area contributed by atoms with Gasteiger partial charge in [-0.2, -0.15) is 0 Å². The molecule has 1 saturated heterocycles. The first-order chi connectivity index (χ1) is 24.4. The Labute approximate surface area is 307 Å². The fraction of sp³-hybridized carbons (Fsp3) is 0.950. The molecular formula is C40H78NO8P. The third-order valence-corrected chi connectivity index (χ3v) is 11.1. The van der Waals surface area contributed by atoms with Gasteiger partial charge in [0.2, 0.25) is 0 Å². The van der Waals surface area contributed by atoms with E-state index in [0.717, 1.165) is 77.0 Å². The molecule has 0 saturated carbocycles. The molecule has 0 bridgehead atoms. The van der Waals surface area contributed by atoms with Crippen LogP contribution in [-0.4, -0.2) is 57.6 Å². The van der Waals surface area contributed by atoms with E-state index in [9.17, 15) is 14.2 Å². The molecule has 296 valence electrons. The number of phosphoric ester groups is 1. The van der Waals surface area contributed by atoms with Crippen molar-refractivity contribution in [2.24, 2.45) is 0 Å². The first kappa shape index (κ1) is 47.0. The highest BCUT2D eigenvalue weighted by Gasteiger charge is 2.33. The van der Waals surface area contributed by atoms with Crippen LogP contribution in [0.5, 0.6) is 0 Å². The number of esters is 2. The standard InChI is InChI=1S/C40H78NO8P/c1-4-6-8-10-12-13-14-15-16-17-19-23-27-31-39(42)45-35-38-36-47-50(44,46-34-33-41-3)49-37(29-25-21-18-11-9-7-5-2)30-26-22-20-24-28-32-40(43)48-38/h37-38,41H,4-36H2,1-3H3. The van der Waals surface area contributed by atoms with Crippen LogP contribution in [-0.2, 0) is 37.2 Å². The van der Waals surface area contributed by atoms with E-state index in [-0.39, 0.29) is 44.3 Å². The van der Waals surface area contributed by atoms with Crippen molar-refractivity contribution in [1.82, 2.24) is 5.32 Å². The smallest absolute Gasteiger partial charge is 0.462 e. The Morgan fingerprint density at radius 3 is 1.88 bits per heavy atom. The van der Waals surface area contributed by atoms with Crippen LogP contribution in [0.1, 0.15) is 200 Å². The maximum absolute atomic E-state index is 14.0.